The standard InChI is InChI=1S/C12H13F2NO2/c1-7(15)11(4-5-11)8-2-3-9-10(6-8)17-12(13,14)16-9/h2-3,6-7H,4-5,15H2,1H3. The zero-order valence-corrected chi connectivity index (χ0v) is 9.37. The Hall–Kier alpha value is -1.36. The fourth-order valence-corrected chi connectivity index (χ4v) is 2.40. The topological polar surface area (TPSA) is 44.5 Å². The van der Waals surface area contributed by atoms with E-state index in [1.165, 1.54) is 6.07 Å². The van der Waals surface area contributed by atoms with Gasteiger partial charge in [-0.05, 0) is 37.5 Å². The highest BCUT2D eigenvalue weighted by Crippen LogP contribution is 2.53. The van der Waals surface area contributed by atoms with Gasteiger partial charge in [0.2, 0.25) is 0 Å². The average Bonchev–Trinajstić information content (AvgIpc) is 2.95. The summed E-state index contributed by atoms with van der Waals surface area (Å²) in [6.07, 6.45) is -1.58. The quantitative estimate of drug-likeness (QED) is 0.864. The van der Waals surface area contributed by atoms with Gasteiger partial charge in [-0.2, -0.15) is 0 Å². The maximum absolute atomic E-state index is 12.9. The molecule has 0 saturated heterocycles. The minimum atomic E-state index is -3.55. The van der Waals surface area contributed by atoms with Gasteiger partial charge in [0.15, 0.2) is 11.5 Å². The van der Waals surface area contributed by atoms with Gasteiger partial charge in [-0.3, -0.25) is 0 Å². The molecule has 1 aliphatic carbocycles. The second-order valence-electron chi connectivity index (χ2n) is 4.77. The lowest BCUT2D eigenvalue weighted by Crippen LogP contribution is -2.31. The van der Waals surface area contributed by atoms with E-state index in [0.29, 0.717) is 0 Å². The van der Waals surface area contributed by atoms with Crippen molar-refractivity contribution in [2.45, 2.75) is 37.5 Å². The van der Waals surface area contributed by atoms with Crippen LogP contribution in [0.4, 0.5) is 8.78 Å². The molecule has 3 rings (SSSR count). The molecule has 5 heteroatoms. The average molecular weight is 241 g/mol. The molecule has 3 nitrogen and oxygen atoms in total. The molecule has 1 fully saturated rings. The van der Waals surface area contributed by atoms with Crippen LogP contribution in [0.1, 0.15) is 25.3 Å². The predicted octanol–water partition coefficient (Wildman–Crippen LogP) is 2.39. The molecule has 0 bridgehead atoms. The number of nitrogens with two attached hydrogens (primary N) is 1. The van der Waals surface area contributed by atoms with Crippen LogP contribution in [-0.2, 0) is 5.41 Å². The van der Waals surface area contributed by atoms with E-state index in [-0.39, 0.29) is 23.0 Å². The highest BCUT2D eigenvalue weighted by Gasteiger charge is 2.49. The van der Waals surface area contributed by atoms with E-state index in [2.05, 4.69) is 9.47 Å². The fraction of sp³-hybridized carbons (Fsp3) is 0.500. The van der Waals surface area contributed by atoms with Crippen LogP contribution in [0.3, 0.4) is 0 Å². The second-order valence-corrected chi connectivity index (χ2v) is 4.77. The number of halogens is 2. The molecule has 17 heavy (non-hydrogen) atoms. The van der Waals surface area contributed by atoms with E-state index in [0.717, 1.165) is 18.4 Å². The zero-order chi connectivity index (χ0) is 12.3. The van der Waals surface area contributed by atoms with Crippen molar-refractivity contribution < 1.29 is 18.3 Å². The smallest absolute Gasteiger partial charge is 0.395 e. The molecular weight excluding hydrogens is 228 g/mol. The van der Waals surface area contributed by atoms with Gasteiger partial charge in [-0.15, -0.1) is 8.78 Å². The lowest BCUT2D eigenvalue weighted by molar-refractivity contribution is -0.286. The van der Waals surface area contributed by atoms with Gasteiger partial charge in [0.05, 0.1) is 0 Å². The van der Waals surface area contributed by atoms with Crippen molar-refractivity contribution in [2.24, 2.45) is 5.73 Å². The molecule has 1 unspecified atom stereocenters. The Morgan fingerprint density at radius 3 is 2.47 bits per heavy atom. The monoisotopic (exact) mass is 241 g/mol. The van der Waals surface area contributed by atoms with Crippen LogP contribution in [0.25, 0.3) is 0 Å². The van der Waals surface area contributed by atoms with E-state index in [4.69, 9.17) is 5.73 Å². The number of ether oxygens (including phenoxy) is 2. The summed E-state index contributed by atoms with van der Waals surface area (Å²) in [5.41, 5.74) is 6.82. The molecule has 1 aromatic rings. The van der Waals surface area contributed by atoms with Crippen molar-refractivity contribution in [3.63, 3.8) is 0 Å². The van der Waals surface area contributed by atoms with Crippen LogP contribution < -0.4 is 15.2 Å². The van der Waals surface area contributed by atoms with Gasteiger partial charge in [-0.25, -0.2) is 0 Å². The van der Waals surface area contributed by atoms with Crippen LogP contribution in [0.15, 0.2) is 18.2 Å². The largest absolute Gasteiger partial charge is 0.586 e. The number of fused-ring (bicyclic) bond motifs is 1. The normalized spacial score (nSPS) is 24.5. The van der Waals surface area contributed by atoms with Crippen molar-refractivity contribution in [2.75, 3.05) is 0 Å². The van der Waals surface area contributed by atoms with Gasteiger partial charge < -0.3 is 15.2 Å². The highest BCUT2D eigenvalue weighted by atomic mass is 19.3. The summed E-state index contributed by atoms with van der Waals surface area (Å²) in [4.78, 5) is 0. The van der Waals surface area contributed by atoms with Crippen molar-refractivity contribution in [1.82, 2.24) is 0 Å². The third kappa shape index (κ3) is 1.57. The molecule has 1 heterocycles. The summed E-state index contributed by atoms with van der Waals surface area (Å²) in [7, 11) is 0. The summed E-state index contributed by atoms with van der Waals surface area (Å²) in [6.45, 7) is 1.94. The molecule has 2 N–H and O–H groups in total. The number of benzene rings is 1. The highest BCUT2D eigenvalue weighted by molar-refractivity contribution is 5.49. The third-order valence-corrected chi connectivity index (χ3v) is 3.64. The molecule has 92 valence electrons. The summed E-state index contributed by atoms with van der Waals surface area (Å²) >= 11 is 0. The van der Waals surface area contributed by atoms with Crippen LogP contribution >= 0.6 is 0 Å². The Bertz CT molecular complexity index is 470. The third-order valence-electron chi connectivity index (χ3n) is 3.64. The van der Waals surface area contributed by atoms with Crippen LogP contribution in [0, 0.1) is 0 Å². The minimum absolute atomic E-state index is 0.00313. The molecular formula is C12H13F2NO2. The first-order chi connectivity index (χ1) is 7.93. The van der Waals surface area contributed by atoms with E-state index in [1.54, 1.807) is 12.1 Å². The molecule has 1 aliphatic heterocycles. The Labute approximate surface area is 97.5 Å². The van der Waals surface area contributed by atoms with Crippen LogP contribution in [0.5, 0.6) is 11.5 Å². The van der Waals surface area contributed by atoms with Gasteiger partial charge in [0.25, 0.3) is 0 Å². The second kappa shape index (κ2) is 3.10. The van der Waals surface area contributed by atoms with E-state index in [9.17, 15) is 8.78 Å². The van der Waals surface area contributed by atoms with Gasteiger partial charge in [0.1, 0.15) is 0 Å². The van der Waals surface area contributed by atoms with E-state index < -0.39 is 6.29 Å². The van der Waals surface area contributed by atoms with Crippen LogP contribution in [-0.4, -0.2) is 12.3 Å². The first kappa shape index (κ1) is 10.8. The molecule has 1 saturated carbocycles. The summed E-state index contributed by atoms with van der Waals surface area (Å²) in [5, 5.41) is 0. The van der Waals surface area contributed by atoms with Crippen molar-refractivity contribution in [3.8, 4) is 11.5 Å². The lowest BCUT2D eigenvalue weighted by Gasteiger charge is -2.20. The van der Waals surface area contributed by atoms with Gasteiger partial charge in [-0.1, -0.05) is 6.07 Å². The van der Waals surface area contributed by atoms with Crippen molar-refractivity contribution in [1.29, 1.82) is 0 Å². The fourth-order valence-electron chi connectivity index (χ4n) is 2.40. The van der Waals surface area contributed by atoms with Gasteiger partial charge in [0, 0.05) is 11.5 Å². The summed E-state index contributed by atoms with van der Waals surface area (Å²) in [6, 6.07) is 4.93. The number of rotatable bonds is 2. The van der Waals surface area contributed by atoms with Crippen LogP contribution in [0.2, 0.25) is 0 Å². The first-order valence-corrected chi connectivity index (χ1v) is 5.59. The Morgan fingerprint density at radius 2 is 1.88 bits per heavy atom. The summed E-state index contributed by atoms with van der Waals surface area (Å²) in [5.74, 6) is 0.179. The first-order valence-electron chi connectivity index (χ1n) is 5.59. The molecule has 0 amide bonds. The predicted molar refractivity (Wildman–Crippen MR) is 57.2 cm³/mol. The Kier molecular flexibility index (Phi) is 1.96. The number of alkyl halides is 2. The Balaban J connectivity index is 1.97. The maximum Gasteiger partial charge on any atom is 0.586 e. The number of hydrogen-bond acceptors (Lipinski definition) is 3. The van der Waals surface area contributed by atoms with E-state index in [1.807, 2.05) is 6.92 Å². The molecule has 1 aromatic carbocycles. The Morgan fingerprint density at radius 1 is 1.24 bits per heavy atom. The minimum Gasteiger partial charge on any atom is -0.395 e. The number of hydrogen-bond donors (Lipinski definition) is 1. The van der Waals surface area contributed by atoms with Crippen molar-refractivity contribution >= 4 is 0 Å². The lowest BCUT2D eigenvalue weighted by atomic mass is 9.89. The van der Waals surface area contributed by atoms with Gasteiger partial charge >= 0.3 is 6.29 Å². The zero-order valence-electron chi connectivity index (χ0n) is 9.37. The maximum atomic E-state index is 12.9. The van der Waals surface area contributed by atoms with E-state index >= 15 is 0 Å². The van der Waals surface area contributed by atoms with Crippen molar-refractivity contribution in [3.05, 3.63) is 23.8 Å². The molecule has 0 spiro atoms. The molecule has 2 aliphatic rings. The summed E-state index contributed by atoms with van der Waals surface area (Å²) < 4.78 is 34.5. The molecule has 0 aromatic heterocycles. The molecule has 0 radical (unpaired) electrons. The SMILES string of the molecule is CC(N)C1(c2ccc3c(c2)OC(F)(F)O3)CC1. The molecule has 1 atom stereocenters.